The molecule has 1 aromatic carbocycles. The van der Waals surface area contributed by atoms with Gasteiger partial charge in [-0.05, 0) is 56.0 Å². The van der Waals surface area contributed by atoms with Crippen molar-refractivity contribution in [2.45, 2.75) is 58.0 Å². The Morgan fingerprint density at radius 2 is 1.93 bits per heavy atom. The van der Waals surface area contributed by atoms with Crippen LogP contribution in [-0.4, -0.2) is 21.4 Å². The highest BCUT2D eigenvalue weighted by Crippen LogP contribution is 2.36. The van der Waals surface area contributed by atoms with Gasteiger partial charge in [-0.1, -0.05) is 44.0 Å². The summed E-state index contributed by atoms with van der Waals surface area (Å²) >= 11 is 0. The van der Waals surface area contributed by atoms with Crippen molar-refractivity contribution in [1.29, 1.82) is 0 Å². The second kappa shape index (κ2) is 8.57. The fourth-order valence-electron chi connectivity index (χ4n) is 4.86. The van der Waals surface area contributed by atoms with Gasteiger partial charge in [0.05, 0.1) is 17.4 Å². The average Bonchev–Trinajstić information content (AvgIpc) is 3.18. The second-order valence-electron chi connectivity index (χ2n) is 8.37. The zero-order valence-electron chi connectivity index (χ0n) is 17.7. The Kier molecular flexibility index (Phi) is 5.50. The summed E-state index contributed by atoms with van der Waals surface area (Å²) in [4.78, 5) is 12.2. The Balaban J connectivity index is 1.52. The lowest BCUT2D eigenvalue weighted by molar-refractivity contribution is 0.161. The van der Waals surface area contributed by atoms with E-state index in [4.69, 9.17) is 14.4 Å². The van der Waals surface area contributed by atoms with Crippen LogP contribution >= 0.6 is 0 Å². The standard InChI is InChI=1S/C26H29N3O/c1-2-3-6-17-29(23-12-7-9-19-10-8-15-28-25(19)23)18-22-26-21(14-16-27-22)20-11-4-5-13-24(20)30-26/h4-5,8,10-11,13-16,23H,2-3,6-7,9,12,17-18H2,1H3. The van der Waals surface area contributed by atoms with Crippen molar-refractivity contribution in [2.75, 3.05) is 6.54 Å². The number of benzene rings is 1. The zero-order chi connectivity index (χ0) is 20.3. The number of fused-ring (bicyclic) bond motifs is 4. The minimum atomic E-state index is 0.355. The molecule has 5 rings (SSSR count). The van der Waals surface area contributed by atoms with E-state index in [0.717, 1.165) is 48.2 Å². The van der Waals surface area contributed by atoms with Crippen molar-refractivity contribution >= 4 is 21.9 Å². The van der Waals surface area contributed by atoms with Gasteiger partial charge in [-0.3, -0.25) is 14.9 Å². The lowest BCUT2D eigenvalue weighted by atomic mass is 9.90. The van der Waals surface area contributed by atoms with Crippen LogP contribution in [0.25, 0.3) is 21.9 Å². The molecule has 0 saturated heterocycles. The van der Waals surface area contributed by atoms with Gasteiger partial charge < -0.3 is 4.42 Å². The Morgan fingerprint density at radius 1 is 1.00 bits per heavy atom. The Bertz CT molecular complexity index is 1150. The molecule has 154 valence electrons. The average molecular weight is 400 g/mol. The van der Waals surface area contributed by atoms with Gasteiger partial charge in [0.15, 0.2) is 5.58 Å². The Labute approximate surface area is 177 Å². The van der Waals surface area contributed by atoms with E-state index in [1.807, 2.05) is 24.5 Å². The predicted octanol–water partition coefficient (Wildman–Crippen LogP) is 6.45. The van der Waals surface area contributed by atoms with E-state index in [2.05, 4.69) is 42.2 Å². The summed E-state index contributed by atoms with van der Waals surface area (Å²) in [6.07, 6.45) is 11.1. The summed E-state index contributed by atoms with van der Waals surface area (Å²) < 4.78 is 6.26. The fraction of sp³-hybridized carbons (Fsp3) is 0.385. The number of para-hydroxylation sites is 1. The number of hydrogen-bond donors (Lipinski definition) is 0. The third kappa shape index (κ3) is 3.61. The summed E-state index contributed by atoms with van der Waals surface area (Å²) in [7, 11) is 0. The highest BCUT2D eigenvalue weighted by atomic mass is 16.3. The molecule has 1 aliphatic carbocycles. The first-order valence-electron chi connectivity index (χ1n) is 11.3. The SMILES string of the molecule is CCCCCN(Cc1nccc2c1oc1ccccc12)C1CCCc2cccnc21. The maximum Gasteiger partial charge on any atom is 0.158 e. The first-order chi connectivity index (χ1) is 14.8. The number of hydrogen-bond acceptors (Lipinski definition) is 4. The van der Waals surface area contributed by atoms with Crippen LogP contribution in [0.2, 0.25) is 0 Å². The molecule has 0 spiro atoms. The molecule has 1 aliphatic rings. The molecule has 0 saturated carbocycles. The van der Waals surface area contributed by atoms with Gasteiger partial charge in [0, 0.05) is 29.7 Å². The largest absolute Gasteiger partial charge is 0.454 e. The first kappa shape index (κ1) is 19.3. The molecule has 0 aliphatic heterocycles. The van der Waals surface area contributed by atoms with E-state index in [-0.39, 0.29) is 0 Å². The normalized spacial score (nSPS) is 16.4. The van der Waals surface area contributed by atoms with Crippen molar-refractivity contribution in [1.82, 2.24) is 14.9 Å². The van der Waals surface area contributed by atoms with Crippen LogP contribution < -0.4 is 0 Å². The summed E-state index contributed by atoms with van der Waals surface area (Å²) in [6, 6.07) is 15.0. The highest BCUT2D eigenvalue weighted by molar-refractivity contribution is 6.05. The van der Waals surface area contributed by atoms with E-state index >= 15 is 0 Å². The number of aromatic nitrogens is 2. The second-order valence-corrected chi connectivity index (χ2v) is 8.37. The van der Waals surface area contributed by atoms with E-state index in [0.29, 0.717) is 6.04 Å². The minimum absolute atomic E-state index is 0.355. The quantitative estimate of drug-likeness (QED) is 0.335. The molecule has 30 heavy (non-hydrogen) atoms. The molecule has 1 atom stereocenters. The van der Waals surface area contributed by atoms with Crippen LogP contribution in [-0.2, 0) is 13.0 Å². The molecule has 0 N–H and O–H groups in total. The van der Waals surface area contributed by atoms with Crippen LogP contribution in [0.1, 0.15) is 62.0 Å². The zero-order valence-corrected chi connectivity index (χ0v) is 17.7. The number of rotatable bonds is 7. The van der Waals surface area contributed by atoms with Gasteiger partial charge in [-0.25, -0.2) is 0 Å². The van der Waals surface area contributed by atoms with E-state index in [9.17, 15) is 0 Å². The molecule has 0 amide bonds. The lowest BCUT2D eigenvalue weighted by Gasteiger charge is -2.35. The topological polar surface area (TPSA) is 42.2 Å². The summed E-state index contributed by atoms with van der Waals surface area (Å²) in [5.74, 6) is 0. The molecule has 3 aromatic heterocycles. The third-order valence-electron chi connectivity index (χ3n) is 6.38. The fourth-order valence-corrected chi connectivity index (χ4v) is 4.86. The van der Waals surface area contributed by atoms with Gasteiger partial charge in [-0.2, -0.15) is 0 Å². The summed E-state index contributed by atoms with van der Waals surface area (Å²) in [6.45, 7) is 4.12. The van der Waals surface area contributed by atoms with Crippen molar-refractivity contribution in [3.05, 3.63) is 71.8 Å². The number of pyridine rings is 2. The van der Waals surface area contributed by atoms with Crippen LogP contribution in [0.4, 0.5) is 0 Å². The molecular weight excluding hydrogens is 370 g/mol. The molecule has 0 fully saturated rings. The number of furan rings is 1. The Morgan fingerprint density at radius 3 is 2.87 bits per heavy atom. The lowest BCUT2D eigenvalue weighted by Crippen LogP contribution is -2.33. The molecule has 4 nitrogen and oxygen atoms in total. The van der Waals surface area contributed by atoms with Gasteiger partial charge in [-0.15, -0.1) is 0 Å². The molecule has 4 heteroatoms. The summed E-state index contributed by atoms with van der Waals surface area (Å²) in [5, 5.41) is 2.32. The van der Waals surface area contributed by atoms with Gasteiger partial charge >= 0.3 is 0 Å². The summed E-state index contributed by atoms with van der Waals surface area (Å²) in [5.41, 5.74) is 5.56. The number of nitrogens with zero attached hydrogens (tertiary/aromatic N) is 3. The van der Waals surface area contributed by atoms with E-state index in [1.165, 1.54) is 42.3 Å². The van der Waals surface area contributed by atoms with E-state index in [1.54, 1.807) is 0 Å². The molecule has 1 unspecified atom stereocenters. The van der Waals surface area contributed by atoms with Crippen molar-refractivity contribution in [3.8, 4) is 0 Å². The minimum Gasteiger partial charge on any atom is -0.454 e. The molecule has 4 aromatic rings. The monoisotopic (exact) mass is 399 g/mol. The highest BCUT2D eigenvalue weighted by Gasteiger charge is 2.28. The first-order valence-corrected chi connectivity index (χ1v) is 11.3. The third-order valence-corrected chi connectivity index (χ3v) is 6.38. The molecule has 0 radical (unpaired) electrons. The smallest absolute Gasteiger partial charge is 0.158 e. The van der Waals surface area contributed by atoms with Crippen LogP contribution in [0.15, 0.2) is 59.3 Å². The van der Waals surface area contributed by atoms with Crippen molar-refractivity contribution < 1.29 is 4.42 Å². The van der Waals surface area contributed by atoms with Gasteiger partial charge in [0.2, 0.25) is 0 Å². The van der Waals surface area contributed by atoms with Crippen molar-refractivity contribution in [3.63, 3.8) is 0 Å². The molecular formula is C26H29N3O. The molecule has 0 bridgehead atoms. The van der Waals surface area contributed by atoms with Gasteiger partial charge in [0.1, 0.15) is 5.58 Å². The Hall–Kier alpha value is -2.72. The predicted molar refractivity (Wildman–Crippen MR) is 121 cm³/mol. The number of unbranched alkanes of at least 4 members (excludes halogenated alkanes) is 2. The van der Waals surface area contributed by atoms with Crippen molar-refractivity contribution in [2.24, 2.45) is 0 Å². The van der Waals surface area contributed by atoms with Gasteiger partial charge in [0.25, 0.3) is 0 Å². The van der Waals surface area contributed by atoms with E-state index < -0.39 is 0 Å². The maximum atomic E-state index is 6.26. The van der Waals surface area contributed by atoms with Crippen LogP contribution in [0.3, 0.4) is 0 Å². The molecule has 3 heterocycles. The van der Waals surface area contributed by atoms with Crippen LogP contribution in [0.5, 0.6) is 0 Å². The maximum absolute atomic E-state index is 6.26. The van der Waals surface area contributed by atoms with Crippen LogP contribution in [0, 0.1) is 0 Å². The number of aryl methyl sites for hydroxylation is 1.